The number of H-pyrrole nitrogens is 1. The summed E-state index contributed by atoms with van der Waals surface area (Å²) in [6.07, 6.45) is 0. The molecular weight excluding hydrogens is 388 g/mol. The summed E-state index contributed by atoms with van der Waals surface area (Å²) in [6.45, 7) is 3.62. The fourth-order valence-electron chi connectivity index (χ4n) is 4.19. The summed E-state index contributed by atoms with van der Waals surface area (Å²) in [6, 6.07) is 13.4. The van der Waals surface area contributed by atoms with Gasteiger partial charge in [-0.3, -0.25) is 9.69 Å². The first kappa shape index (κ1) is 20.2. The van der Waals surface area contributed by atoms with Crippen LogP contribution in [0.3, 0.4) is 0 Å². The average Bonchev–Trinajstić information content (AvgIpc) is 3.14. The third-order valence-corrected chi connectivity index (χ3v) is 5.59. The van der Waals surface area contributed by atoms with Gasteiger partial charge in [-0.05, 0) is 42.3 Å². The zero-order valence-corrected chi connectivity index (χ0v) is 16.9. The summed E-state index contributed by atoms with van der Waals surface area (Å²) in [5.41, 5.74) is 2.39. The van der Waals surface area contributed by atoms with Crippen molar-refractivity contribution >= 4 is 0 Å². The van der Waals surface area contributed by atoms with Crippen LogP contribution in [0.5, 0.6) is 5.75 Å². The molecule has 5 nitrogen and oxygen atoms in total. The van der Waals surface area contributed by atoms with Crippen molar-refractivity contribution in [2.75, 3.05) is 20.2 Å². The molecule has 3 aromatic rings. The van der Waals surface area contributed by atoms with Crippen LogP contribution in [0.2, 0.25) is 0 Å². The number of aromatic nitrogens is 2. The molecule has 0 amide bonds. The second-order valence-corrected chi connectivity index (χ2v) is 7.68. The van der Waals surface area contributed by atoms with Gasteiger partial charge in [-0.15, -0.1) is 0 Å². The van der Waals surface area contributed by atoms with E-state index in [1.54, 1.807) is 26.2 Å². The van der Waals surface area contributed by atoms with E-state index in [2.05, 4.69) is 14.9 Å². The molecule has 1 aromatic heterocycles. The predicted octanol–water partition coefficient (Wildman–Crippen LogP) is 3.75. The van der Waals surface area contributed by atoms with Gasteiger partial charge in [0.15, 0.2) is 11.6 Å². The van der Waals surface area contributed by atoms with Gasteiger partial charge in [0.05, 0.1) is 12.8 Å². The van der Waals surface area contributed by atoms with Gasteiger partial charge >= 0.3 is 0 Å². The molecule has 1 saturated heterocycles. The number of ether oxygens (including phenoxy) is 1. The molecule has 30 heavy (non-hydrogen) atoms. The molecule has 1 aliphatic rings. The third-order valence-electron chi connectivity index (χ3n) is 5.59. The molecule has 1 aliphatic heterocycles. The van der Waals surface area contributed by atoms with Crippen LogP contribution in [-0.2, 0) is 6.54 Å². The third kappa shape index (κ3) is 4.26. The Kier molecular flexibility index (Phi) is 5.63. The zero-order valence-electron chi connectivity index (χ0n) is 16.9. The quantitative estimate of drug-likeness (QED) is 0.695. The van der Waals surface area contributed by atoms with E-state index < -0.39 is 11.6 Å². The molecule has 0 bridgehead atoms. The standard InChI is InChI=1S/C23H23F2N3O2/c1-14-26-22(10-23(29)27-14)19-13-28(11-15-3-8-20(24)21(25)9-15)12-18(19)16-4-6-17(30-2)7-5-16/h3-10,18-19H,11-13H2,1-2H3,(H,26,27,29)/t18-,19+/m0/s1. The van der Waals surface area contributed by atoms with Gasteiger partial charge in [-0.1, -0.05) is 18.2 Å². The highest BCUT2D eigenvalue weighted by Gasteiger charge is 2.36. The van der Waals surface area contributed by atoms with Gasteiger partial charge in [0.2, 0.25) is 0 Å². The first-order chi connectivity index (χ1) is 14.4. The van der Waals surface area contributed by atoms with Crippen LogP contribution in [0.25, 0.3) is 0 Å². The summed E-state index contributed by atoms with van der Waals surface area (Å²) in [5, 5.41) is 0. The lowest BCUT2D eigenvalue weighted by Gasteiger charge is -2.19. The van der Waals surface area contributed by atoms with Gasteiger partial charge in [0.25, 0.3) is 5.56 Å². The molecule has 0 saturated carbocycles. The van der Waals surface area contributed by atoms with Crippen molar-refractivity contribution in [2.45, 2.75) is 25.3 Å². The fraction of sp³-hybridized carbons (Fsp3) is 0.304. The maximum absolute atomic E-state index is 13.6. The molecule has 1 N–H and O–H groups in total. The fourth-order valence-corrected chi connectivity index (χ4v) is 4.19. The number of benzene rings is 2. The molecule has 1 fully saturated rings. The van der Waals surface area contributed by atoms with Crippen LogP contribution >= 0.6 is 0 Å². The van der Waals surface area contributed by atoms with Crippen LogP contribution < -0.4 is 10.3 Å². The molecule has 4 rings (SSSR count). The summed E-state index contributed by atoms with van der Waals surface area (Å²) in [4.78, 5) is 21.5. The Bertz CT molecular complexity index is 1100. The highest BCUT2D eigenvalue weighted by Crippen LogP contribution is 2.39. The second kappa shape index (κ2) is 8.36. The SMILES string of the molecule is COc1ccc([C@@H]2CN(Cc3ccc(F)c(F)c3)C[C@H]2c2cc(=O)[nH]c(C)n2)cc1. The number of hydrogen-bond donors (Lipinski definition) is 1. The Morgan fingerprint density at radius 2 is 1.80 bits per heavy atom. The minimum Gasteiger partial charge on any atom is -0.497 e. The molecular formula is C23H23F2N3O2. The smallest absolute Gasteiger partial charge is 0.251 e. The molecule has 7 heteroatoms. The van der Waals surface area contributed by atoms with Crippen LogP contribution in [-0.4, -0.2) is 35.1 Å². The number of hydrogen-bond acceptors (Lipinski definition) is 4. The number of halogens is 2. The second-order valence-electron chi connectivity index (χ2n) is 7.68. The van der Waals surface area contributed by atoms with Crippen molar-refractivity contribution in [1.29, 1.82) is 0 Å². The van der Waals surface area contributed by atoms with E-state index in [1.807, 2.05) is 24.3 Å². The summed E-state index contributed by atoms with van der Waals surface area (Å²) in [5.74, 6) is -0.235. The normalized spacial score (nSPS) is 19.2. The minimum absolute atomic E-state index is 0.00434. The van der Waals surface area contributed by atoms with Gasteiger partial charge < -0.3 is 9.72 Å². The highest BCUT2D eigenvalue weighted by atomic mass is 19.2. The lowest BCUT2D eigenvalue weighted by molar-refractivity contribution is 0.322. The number of aromatic amines is 1. The molecule has 0 unspecified atom stereocenters. The molecule has 0 spiro atoms. The Morgan fingerprint density at radius 1 is 1.07 bits per heavy atom. The van der Waals surface area contributed by atoms with Crippen molar-refractivity contribution in [1.82, 2.24) is 14.9 Å². The van der Waals surface area contributed by atoms with Crippen molar-refractivity contribution in [3.63, 3.8) is 0 Å². The van der Waals surface area contributed by atoms with Crippen molar-refractivity contribution in [3.05, 3.63) is 93.2 Å². The van der Waals surface area contributed by atoms with E-state index in [4.69, 9.17) is 4.74 Å². The number of likely N-dealkylation sites (tertiary alicyclic amines) is 1. The van der Waals surface area contributed by atoms with E-state index >= 15 is 0 Å². The van der Waals surface area contributed by atoms with Crippen LogP contribution in [0, 0.1) is 18.6 Å². The minimum atomic E-state index is -0.850. The average molecular weight is 411 g/mol. The lowest BCUT2D eigenvalue weighted by atomic mass is 9.86. The number of rotatable bonds is 5. The van der Waals surface area contributed by atoms with Crippen LogP contribution in [0.15, 0.2) is 53.3 Å². The Hall–Kier alpha value is -3.06. The van der Waals surface area contributed by atoms with Gasteiger partial charge in [0.1, 0.15) is 11.6 Å². The number of aryl methyl sites for hydroxylation is 1. The predicted molar refractivity (Wildman–Crippen MR) is 110 cm³/mol. The number of methoxy groups -OCH3 is 1. The van der Waals surface area contributed by atoms with Gasteiger partial charge in [0, 0.05) is 37.5 Å². The van der Waals surface area contributed by atoms with E-state index in [0.29, 0.717) is 31.0 Å². The molecule has 2 atom stereocenters. The Labute approximate surface area is 173 Å². The van der Waals surface area contributed by atoms with Crippen molar-refractivity contribution in [3.8, 4) is 5.75 Å². The van der Waals surface area contributed by atoms with Gasteiger partial charge in [-0.25, -0.2) is 13.8 Å². The maximum atomic E-state index is 13.6. The monoisotopic (exact) mass is 411 g/mol. The summed E-state index contributed by atoms with van der Waals surface area (Å²) < 4.78 is 32.2. The van der Waals surface area contributed by atoms with E-state index in [1.165, 1.54) is 6.07 Å². The first-order valence-corrected chi connectivity index (χ1v) is 9.81. The molecule has 156 valence electrons. The van der Waals surface area contributed by atoms with E-state index in [9.17, 15) is 13.6 Å². The maximum Gasteiger partial charge on any atom is 0.251 e. The number of nitrogens with zero attached hydrogens (tertiary/aromatic N) is 2. The molecule has 0 radical (unpaired) electrons. The Morgan fingerprint density at radius 3 is 2.47 bits per heavy atom. The molecule has 0 aliphatic carbocycles. The molecule has 2 heterocycles. The molecule has 2 aromatic carbocycles. The highest BCUT2D eigenvalue weighted by molar-refractivity contribution is 5.33. The van der Waals surface area contributed by atoms with Crippen LogP contribution in [0.4, 0.5) is 8.78 Å². The number of nitrogens with one attached hydrogen (secondary N) is 1. The zero-order chi connectivity index (χ0) is 21.3. The van der Waals surface area contributed by atoms with Gasteiger partial charge in [-0.2, -0.15) is 0 Å². The van der Waals surface area contributed by atoms with E-state index in [0.717, 1.165) is 23.1 Å². The largest absolute Gasteiger partial charge is 0.497 e. The lowest BCUT2D eigenvalue weighted by Crippen LogP contribution is -2.21. The van der Waals surface area contributed by atoms with Crippen molar-refractivity contribution in [2.24, 2.45) is 0 Å². The Balaban J connectivity index is 1.65. The van der Waals surface area contributed by atoms with E-state index in [-0.39, 0.29) is 17.4 Å². The first-order valence-electron chi connectivity index (χ1n) is 9.81. The van der Waals surface area contributed by atoms with Crippen molar-refractivity contribution < 1.29 is 13.5 Å². The summed E-state index contributed by atoms with van der Waals surface area (Å²) >= 11 is 0. The van der Waals surface area contributed by atoms with Crippen LogP contribution in [0.1, 0.15) is 34.5 Å². The topological polar surface area (TPSA) is 58.2 Å². The summed E-state index contributed by atoms with van der Waals surface area (Å²) in [7, 11) is 1.62.